The van der Waals surface area contributed by atoms with E-state index in [9.17, 15) is 0 Å². The molecule has 6 rings (SSSR count). The first-order valence-corrected chi connectivity index (χ1v) is 16.5. The van der Waals surface area contributed by atoms with Crippen molar-refractivity contribution < 1.29 is 9.47 Å². The lowest BCUT2D eigenvalue weighted by Crippen LogP contribution is -2.33. The molecule has 1 aliphatic heterocycles. The second-order valence-electron chi connectivity index (χ2n) is 9.66. The van der Waals surface area contributed by atoms with Crippen LogP contribution in [0.3, 0.4) is 0 Å². The highest BCUT2D eigenvalue weighted by Gasteiger charge is 2.40. The van der Waals surface area contributed by atoms with Crippen molar-refractivity contribution >= 4 is 37.1 Å². The van der Waals surface area contributed by atoms with E-state index in [1.807, 2.05) is 6.07 Å². The number of benzene rings is 5. The van der Waals surface area contributed by atoms with E-state index in [1.165, 1.54) is 21.2 Å². The van der Waals surface area contributed by atoms with Gasteiger partial charge in [-0.25, -0.2) is 0 Å². The Hall–Kier alpha value is -3.12. The average Bonchev–Trinajstić information content (AvgIpc) is 3.43. The molecule has 2 atom stereocenters. The Labute approximate surface area is 234 Å². The number of hydrogen-bond donors (Lipinski definition) is 0. The molecule has 194 valence electrons. The maximum absolute atomic E-state index is 6.81. The van der Waals surface area contributed by atoms with Crippen LogP contribution in [0.2, 0.25) is 0 Å². The Morgan fingerprint density at radius 3 is 0.974 bits per heavy atom. The van der Waals surface area contributed by atoms with Gasteiger partial charge in [-0.3, -0.25) is 0 Å². The van der Waals surface area contributed by atoms with E-state index in [1.54, 1.807) is 0 Å². The van der Waals surface area contributed by atoms with Crippen molar-refractivity contribution in [3.8, 4) is 0 Å². The van der Waals surface area contributed by atoms with E-state index >= 15 is 0 Å². The molecule has 0 amide bonds. The van der Waals surface area contributed by atoms with Gasteiger partial charge >= 0.3 is 0 Å². The van der Waals surface area contributed by atoms with Crippen molar-refractivity contribution in [1.29, 1.82) is 0 Å². The first-order valence-electron chi connectivity index (χ1n) is 13.5. The van der Waals surface area contributed by atoms with Crippen LogP contribution in [-0.4, -0.2) is 24.5 Å². The van der Waals surface area contributed by atoms with Crippen LogP contribution in [0.25, 0.3) is 0 Å². The molecule has 0 aromatic heterocycles. The Morgan fingerprint density at radius 2 is 0.667 bits per heavy atom. The van der Waals surface area contributed by atoms with Gasteiger partial charge in [-0.15, -0.1) is 0 Å². The molecule has 0 radical (unpaired) electrons. The van der Waals surface area contributed by atoms with Gasteiger partial charge < -0.3 is 9.47 Å². The molecule has 1 aliphatic rings. The third kappa shape index (κ3) is 6.38. The Balaban J connectivity index is 1.35. The molecule has 1 fully saturated rings. The van der Waals surface area contributed by atoms with Crippen molar-refractivity contribution in [3.05, 3.63) is 157 Å². The summed E-state index contributed by atoms with van der Waals surface area (Å²) in [4.78, 5) is 0. The lowest BCUT2D eigenvalue weighted by molar-refractivity contribution is -0.0645. The van der Waals surface area contributed by atoms with E-state index in [2.05, 4.69) is 146 Å². The van der Waals surface area contributed by atoms with Crippen molar-refractivity contribution in [3.63, 3.8) is 0 Å². The zero-order chi connectivity index (χ0) is 26.3. The van der Waals surface area contributed by atoms with Gasteiger partial charge in [0.25, 0.3) is 0 Å². The van der Waals surface area contributed by atoms with Gasteiger partial charge in [-0.2, -0.15) is 0 Å². The zero-order valence-electron chi connectivity index (χ0n) is 21.8. The summed E-state index contributed by atoms with van der Waals surface area (Å²) in [6.07, 6.45) is 1.46. The van der Waals surface area contributed by atoms with Gasteiger partial charge in [0, 0.05) is 17.9 Å². The molecule has 0 N–H and O–H groups in total. The number of hydrogen-bond acceptors (Lipinski definition) is 2. The summed E-state index contributed by atoms with van der Waals surface area (Å²) < 4.78 is 13.6. The Morgan fingerprint density at radius 1 is 0.385 bits per heavy atom. The normalized spacial score (nSPS) is 19.0. The second kappa shape index (κ2) is 12.8. The monoisotopic (exact) mass is 546 g/mol. The quantitative estimate of drug-likeness (QED) is 0.191. The molecule has 1 saturated heterocycles. The van der Waals surface area contributed by atoms with E-state index in [4.69, 9.17) is 9.47 Å². The molecular formula is C35H32O2P2. The molecule has 0 saturated carbocycles. The summed E-state index contributed by atoms with van der Waals surface area (Å²) in [5, 5.41) is 5.49. The maximum atomic E-state index is 6.81. The molecule has 2 nitrogen and oxygen atoms in total. The van der Waals surface area contributed by atoms with Crippen LogP contribution in [0.5, 0.6) is 0 Å². The van der Waals surface area contributed by atoms with Crippen LogP contribution >= 0.6 is 15.8 Å². The van der Waals surface area contributed by atoms with E-state index < -0.39 is 15.8 Å². The average molecular weight is 547 g/mol. The van der Waals surface area contributed by atoms with Crippen molar-refractivity contribution in [2.75, 3.05) is 12.3 Å². The molecule has 39 heavy (non-hydrogen) atoms. The summed E-state index contributed by atoms with van der Waals surface area (Å²) in [6.45, 7) is 0. The van der Waals surface area contributed by atoms with Crippen molar-refractivity contribution in [2.24, 2.45) is 0 Å². The minimum atomic E-state index is -0.608. The SMILES string of the molecule is c1ccc(C2OC(CP(c3ccccc3)c3ccccc3)C(CP(c3ccccc3)c3ccccc3)O2)cc1. The first-order chi connectivity index (χ1) is 19.3. The summed E-state index contributed by atoms with van der Waals surface area (Å²) in [7, 11) is -1.22. The van der Waals surface area contributed by atoms with E-state index in [0.717, 1.165) is 17.9 Å². The lowest BCUT2D eigenvalue weighted by atomic mass is 10.2. The van der Waals surface area contributed by atoms with Crippen LogP contribution in [0, 0.1) is 0 Å². The van der Waals surface area contributed by atoms with Gasteiger partial charge in [0.2, 0.25) is 0 Å². The molecule has 0 bridgehead atoms. The highest BCUT2D eigenvalue weighted by atomic mass is 31.1. The standard InChI is InChI=1S/C35H32O2P2/c1-6-16-28(17-7-1)35-36-33(26-38(29-18-8-2-9-19-29)30-20-10-3-11-21-30)34(37-35)27-39(31-22-12-4-13-23-31)32-24-14-5-15-25-32/h1-25,33-35H,26-27H2. The highest BCUT2D eigenvalue weighted by Crippen LogP contribution is 2.45. The molecule has 0 spiro atoms. The predicted octanol–water partition coefficient (Wildman–Crippen LogP) is 6.74. The van der Waals surface area contributed by atoms with Crippen LogP contribution in [0.1, 0.15) is 11.9 Å². The largest absolute Gasteiger partial charge is 0.342 e. The fourth-order valence-corrected chi connectivity index (χ4v) is 10.1. The molecular weight excluding hydrogens is 514 g/mol. The van der Waals surface area contributed by atoms with Gasteiger partial charge in [0.15, 0.2) is 6.29 Å². The summed E-state index contributed by atoms with van der Waals surface area (Å²) in [5.41, 5.74) is 1.08. The highest BCUT2D eigenvalue weighted by molar-refractivity contribution is 7.73. The Bertz CT molecular complexity index is 1240. The molecule has 2 unspecified atom stereocenters. The lowest BCUT2D eigenvalue weighted by Gasteiger charge is -2.27. The summed E-state index contributed by atoms with van der Waals surface area (Å²) in [5.74, 6) is 0. The summed E-state index contributed by atoms with van der Waals surface area (Å²) >= 11 is 0. The minimum absolute atomic E-state index is 0.0147. The van der Waals surface area contributed by atoms with Gasteiger partial charge in [-0.05, 0) is 37.1 Å². The fourth-order valence-electron chi connectivity index (χ4n) is 5.12. The van der Waals surface area contributed by atoms with Crippen molar-refractivity contribution in [1.82, 2.24) is 0 Å². The van der Waals surface area contributed by atoms with Crippen LogP contribution in [-0.2, 0) is 9.47 Å². The van der Waals surface area contributed by atoms with Crippen molar-refractivity contribution in [2.45, 2.75) is 18.5 Å². The third-order valence-corrected chi connectivity index (χ3v) is 12.2. The third-order valence-electron chi connectivity index (χ3n) is 7.08. The number of ether oxygens (including phenoxy) is 2. The van der Waals surface area contributed by atoms with E-state index in [0.29, 0.717) is 0 Å². The van der Waals surface area contributed by atoms with Gasteiger partial charge in [0.05, 0.1) is 12.2 Å². The second-order valence-corrected chi connectivity index (χ2v) is 14.2. The Kier molecular flexibility index (Phi) is 8.59. The number of rotatable bonds is 9. The van der Waals surface area contributed by atoms with Crippen LogP contribution < -0.4 is 21.2 Å². The predicted molar refractivity (Wildman–Crippen MR) is 167 cm³/mol. The topological polar surface area (TPSA) is 18.5 Å². The first kappa shape index (κ1) is 26.1. The van der Waals surface area contributed by atoms with Gasteiger partial charge in [-0.1, -0.05) is 152 Å². The maximum Gasteiger partial charge on any atom is 0.184 e. The van der Waals surface area contributed by atoms with Crippen LogP contribution in [0.15, 0.2) is 152 Å². The molecule has 4 heteroatoms. The van der Waals surface area contributed by atoms with E-state index in [-0.39, 0.29) is 18.5 Å². The van der Waals surface area contributed by atoms with Crippen LogP contribution in [0.4, 0.5) is 0 Å². The fraction of sp³-hybridized carbons (Fsp3) is 0.143. The van der Waals surface area contributed by atoms with Gasteiger partial charge in [0.1, 0.15) is 0 Å². The minimum Gasteiger partial charge on any atom is -0.342 e. The molecule has 5 aromatic rings. The smallest absolute Gasteiger partial charge is 0.184 e. The summed E-state index contributed by atoms with van der Waals surface area (Å²) in [6, 6.07) is 54.0. The zero-order valence-corrected chi connectivity index (χ0v) is 23.6. The molecule has 1 heterocycles. The molecule has 5 aromatic carbocycles. The molecule has 0 aliphatic carbocycles.